The van der Waals surface area contributed by atoms with Crippen LogP contribution in [0.2, 0.25) is 0 Å². The van der Waals surface area contributed by atoms with Gasteiger partial charge in [0.15, 0.2) is 0 Å². The summed E-state index contributed by atoms with van der Waals surface area (Å²) in [4.78, 5) is 11.6. The Balaban J connectivity index is 0.000000300. The highest BCUT2D eigenvalue weighted by molar-refractivity contribution is 9.10. The van der Waals surface area contributed by atoms with Crippen LogP contribution < -0.4 is 0 Å². The maximum Gasteiger partial charge on any atom is 0.237 e. The Bertz CT molecular complexity index is 914. The van der Waals surface area contributed by atoms with Gasteiger partial charge >= 0.3 is 0 Å². The molecule has 158 valence electrons. The minimum atomic E-state index is -0.683. The highest BCUT2D eigenvalue weighted by Crippen LogP contribution is 2.22. The van der Waals surface area contributed by atoms with Crippen molar-refractivity contribution in [1.29, 1.82) is 0 Å². The molecule has 2 aromatic carbocycles. The van der Waals surface area contributed by atoms with E-state index in [1.807, 2.05) is 42.5 Å². The van der Waals surface area contributed by atoms with Crippen molar-refractivity contribution in [3.05, 3.63) is 68.6 Å². The van der Waals surface area contributed by atoms with Crippen molar-refractivity contribution in [2.45, 2.75) is 58.5 Å². The number of halogens is 2. The molecule has 0 saturated carbocycles. The van der Waals surface area contributed by atoms with E-state index >= 15 is 0 Å². The summed E-state index contributed by atoms with van der Waals surface area (Å²) in [5, 5.41) is 9.80. The molecule has 1 unspecified atom stereocenters. The summed E-state index contributed by atoms with van der Waals surface area (Å²) in [5.74, 6) is 11.3. The maximum absolute atomic E-state index is 11.6. The van der Waals surface area contributed by atoms with Gasteiger partial charge in [-0.2, -0.15) is 0 Å². The molecule has 0 fully saturated rings. The average Bonchev–Trinajstić information content (AvgIpc) is 2.75. The summed E-state index contributed by atoms with van der Waals surface area (Å²) in [6.07, 6.45) is 5.37. The fourth-order valence-corrected chi connectivity index (χ4v) is 3.30. The van der Waals surface area contributed by atoms with Crippen molar-refractivity contribution in [1.82, 2.24) is 0 Å². The van der Waals surface area contributed by atoms with Gasteiger partial charge in [-0.1, -0.05) is 101 Å². The summed E-state index contributed by atoms with van der Waals surface area (Å²) in [5.41, 5.74) is 1.47. The first-order valence-electron chi connectivity index (χ1n) is 10.2. The largest absolute Gasteiger partial charge is 0.376 e. The van der Waals surface area contributed by atoms with E-state index in [2.05, 4.69) is 69.4 Å². The molecular formula is C26H28Br2O2. The number of unbranched alkanes of at least 4 members (excludes halogenated alkanes) is 4. The van der Waals surface area contributed by atoms with Crippen LogP contribution in [0.15, 0.2) is 57.5 Å². The first-order chi connectivity index (χ1) is 14.5. The quantitative estimate of drug-likeness (QED) is 0.181. The normalized spacial score (nSPS) is 10.4. The van der Waals surface area contributed by atoms with Gasteiger partial charge in [0.2, 0.25) is 5.78 Å². The Hall–Kier alpha value is -1.85. The first-order valence-corrected chi connectivity index (χ1v) is 11.8. The number of hydrogen-bond donors (Lipinski definition) is 1. The molecule has 1 N–H and O–H groups in total. The Labute approximate surface area is 197 Å². The van der Waals surface area contributed by atoms with Crippen molar-refractivity contribution in [2.75, 3.05) is 0 Å². The predicted molar refractivity (Wildman–Crippen MR) is 132 cm³/mol. The lowest BCUT2D eigenvalue weighted by molar-refractivity contribution is 0.105. The number of benzene rings is 2. The SMILES string of the molecule is CCCCC#CC(=O)c1ccccc1Br.CCCCC#CC(O)c1ccccc1Br. The fraction of sp³-hybridized carbons (Fsp3) is 0.346. The first kappa shape index (κ1) is 26.2. The maximum atomic E-state index is 11.6. The van der Waals surface area contributed by atoms with Crippen molar-refractivity contribution in [3.63, 3.8) is 0 Å². The van der Waals surface area contributed by atoms with E-state index in [0.29, 0.717) is 5.56 Å². The molecule has 0 amide bonds. The van der Waals surface area contributed by atoms with Gasteiger partial charge in [-0.05, 0) is 37.0 Å². The van der Waals surface area contributed by atoms with Gasteiger partial charge in [-0.15, -0.1) is 5.92 Å². The van der Waals surface area contributed by atoms with E-state index in [-0.39, 0.29) is 5.78 Å². The number of hydrogen-bond acceptors (Lipinski definition) is 2. The number of aliphatic hydroxyl groups is 1. The lowest BCUT2D eigenvalue weighted by Crippen LogP contribution is -1.95. The second-order valence-corrected chi connectivity index (χ2v) is 8.27. The van der Waals surface area contributed by atoms with Crippen molar-refractivity contribution in [3.8, 4) is 23.7 Å². The van der Waals surface area contributed by atoms with E-state index in [0.717, 1.165) is 53.0 Å². The van der Waals surface area contributed by atoms with Crippen LogP contribution >= 0.6 is 31.9 Å². The molecule has 0 aromatic heterocycles. The van der Waals surface area contributed by atoms with Crippen molar-refractivity contribution >= 4 is 37.6 Å². The van der Waals surface area contributed by atoms with Gasteiger partial charge in [0.05, 0.1) is 0 Å². The molecule has 0 radical (unpaired) electrons. The van der Waals surface area contributed by atoms with Crippen LogP contribution in [0.1, 0.15) is 74.4 Å². The molecule has 0 aliphatic carbocycles. The summed E-state index contributed by atoms with van der Waals surface area (Å²) >= 11 is 6.72. The van der Waals surface area contributed by atoms with Gasteiger partial charge in [0.1, 0.15) is 6.10 Å². The van der Waals surface area contributed by atoms with Crippen LogP contribution in [0.3, 0.4) is 0 Å². The summed E-state index contributed by atoms with van der Waals surface area (Å²) in [6.45, 7) is 4.24. The Morgan fingerprint density at radius 3 is 2.07 bits per heavy atom. The number of ketones is 1. The highest BCUT2D eigenvalue weighted by Gasteiger charge is 2.06. The van der Waals surface area contributed by atoms with Crippen LogP contribution in [0.4, 0.5) is 0 Å². The second-order valence-electron chi connectivity index (χ2n) is 6.56. The molecule has 2 nitrogen and oxygen atoms in total. The molecule has 0 spiro atoms. The van der Waals surface area contributed by atoms with E-state index in [1.54, 1.807) is 6.07 Å². The number of Topliss-reactive ketones (excluding diaryl/α,β-unsaturated/α-hetero) is 1. The molecule has 2 aromatic rings. The molecule has 2 rings (SSSR count). The number of rotatable bonds is 6. The minimum absolute atomic E-state index is 0.112. The lowest BCUT2D eigenvalue weighted by atomic mass is 10.1. The van der Waals surface area contributed by atoms with Crippen LogP contribution in [0, 0.1) is 23.7 Å². The molecule has 30 heavy (non-hydrogen) atoms. The van der Waals surface area contributed by atoms with Gasteiger partial charge in [-0.3, -0.25) is 4.79 Å². The summed E-state index contributed by atoms with van der Waals surface area (Å²) in [7, 11) is 0. The highest BCUT2D eigenvalue weighted by atomic mass is 79.9. The molecular weight excluding hydrogens is 504 g/mol. The molecule has 0 bridgehead atoms. The molecule has 4 heteroatoms. The van der Waals surface area contributed by atoms with E-state index in [4.69, 9.17) is 0 Å². The van der Waals surface area contributed by atoms with Gasteiger partial charge in [-0.25, -0.2) is 0 Å². The molecule has 1 atom stereocenters. The third kappa shape index (κ3) is 10.3. The van der Waals surface area contributed by atoms with Crippen LogP contribution in [0.5, 0.6) is 0 Å². The van der Waals surface area contributed by atoms with E-state index in [1.165, 1.54) is 0 Å². The van der Waals surface area contributed by atoms with Gasteiger partial charge < -0.3 is 5.11 Å². The second kappa shape index (κ2) is 15.9. The Morgan fingerprint density at radius 1 is 0.900 bits per heavy atom. The van der Waals surface area contributed by atoms with Crippen LogP contribution in [0.25, 0.3) is 0 Å². The summed E-state index contributed by atoms with van der Waals surface area (Å²) in [6, 6.07) is 15.0. The van der Waals surface area contributed by atoms with E-state index < -0.39 is 6.10 Å². The monoisotopic (exact) mass is 530 g/mol. The van der Waals surface area contributed by atoms with Gasteiger partial charge in [0, 0.05) is 32.9 Å². The number of carbonyl (C=O) groups is 1. The zero-order chi connectivity index (χ0) is 22.2. The molecule has 0 heterocycles. The smallest absolute Gasteiger partial charge is 0.237 e. The van der Waals surface area contributed by atoms with Crippen molar-refractivity contribution in [2.24, 2.45) is 0 Å². The molecule has 0 aliphatic heterocycles. The van der Waals surface area contributed by atoms with Crippen molar-refractivity contribution < 1.29 is 9.90 Å². The topological polar surface area (TPSA) is 37.3 Å². The van der Waals surface area contributed by atoms with Crippen LogP contribution in [-0.4, -0.2) is 10.9 Å². The lowest BCUT2D eigenvalue weighted by Gasteiger charge is -2.05. The Kier molecular flexibility index (Phi) is 13.9. The molecule has 0 aliphatic rings. The minimum Gasteiger partial charge on any atom is -0.376 e. The Morgan fingerprint density at radius 2 is 1.47 bits per heavy atom. The summed E-state index contributed by atoms with van der Waals surface area (Å²) < 4.78 is 1.71. The standard InChI is InChI=1S/C13H15BrO.C13H13BrO/c2*1-2-3-4-5-10-13(15)11-8-6-7-9-12(11)14/h6-9,13,15H,2-4H2,1H3;6-9H,2-4H2,1H3. The molecule has 0 saturated heterocycles. The fourth-order valence-electron chi connectivity index (χ4n) is 2.33. The number of carbonyl (C=O) groups excluding carboxylic acids is 1. The van der Waals surface area contributed by atoms with Crippen LogP contribution in [-0.2, 0) is 0 Å². The average molecular weight is 532 g/mol. The zero-order valence-electron chi connectivity index (χ0n) is 17.6. The van der Waals surface area contributed by atoms with E-state index in [9.17, 15) is 9.90 Å². The number of aliphatic hydroxyl groups excluding tert-OH is 1. The third-order valence-corrected chi connectivity index (χ3v) is 5.48. The zero-order valence-corrected chi connectivity index (χ0v) is 20.7. The third-order valence-electron chi connectivity index (χ3n) is 4.07. The van der Waals surface area contributed by atoms with Gasteiger partial charge in [0.25, 0.3) is 0 Å². The predicted octanol–water partition coefficient (Wildman–Crippen LogP) is 7.50.